The van der Waals surface area contributed by atoms with Crippen LogP contribution in [0.1, 0.15) is 37.0 Å². The minimum atomic E-state index is -0.595. The van der Waals surface area contributed by atoms with Gasteiger partial charge in [0.25, 0.3) is 5.91 Å². The summed E-state index contributed by atoms with van der Waals surface area (Å²) in [5, 5.41) is 3.27. The molecular weight excluding hydrogens is 400 g/mol. The number of halogens is 1. The molecule has 1 aliphatic rings. The first kappa shape index (κ1) is 22.2. The maximum absolute atomic E-state index is 13.2. The summed E-state index contributed by atoms with van der Waals surface area (Å²) in [4.78, 5) is 27.8. The smallest absolute Gasteiger partial charge is 0.253 e. The summed E-state index contributed by atoms with van der Waals surface area (Å²) in [5.74, 6) is 0.705. The fourth-order valence-corrected chi connectivity index (χ4v) is 3.93. The molecule has 1 aliphatic heterocycles. The molecule has 2 aromatic carbocycles. The van der Waals surface area contributed by atoms with Crippen LogP contribution in [0.5, 0.6) is 5.75 Å². The average Bonchev–Trinajstić information content (AvgIpc) is 2.76. The lowest BCUT2D eigenvalue weighted by Gasteiger charge is -2.36. The first-order valence-electron chi connectivity index (χ1n) is 10.5. The normalized spacial score (nSPS) is 17.5. The number of likely N-dealkylation sites (tertiary alicyclic amines) is 1. The number of nitrogens with one attached hydrogen (secondary N) is 1. The van der Waals surface area contributed by atoms with Crippen molar-refractivity contribution in [2.24, 2.45) is 11.8 Å². The number of benzene rings is 2. The van der Waals surface area contributed by atoms with Crippen molar-refractivity contribution in [3.8, 4) is 5.75 Å². The molecule has 1 N–H and O–H groups in total. The van der Waals surface area contributed by atoms with Gasteiger partial charge in [-0.1, -0.05) is 55.8 Å². The van der Waals surface area contributed by atoms with Gasteiger partial charge in [0.2, 0.25) is 5.91 Å². The Hall–Kier alpha value is -2.53. The van der Waals surface area contributed by atoms with E-state index in [-0.39, 0.29) is 23.7 Å². The Bertz CT molecular complexity index is 857. The Kier molecular flexibility index (Phi) is 7.75. The third-order valence-corrected chi connectivity index (χ3v) is 5.73. The van der Waals surface area contributed by atoms with Crippen LogP contribution in [0.4, 0.5) is 0 Å². The van der Waals surface area contributed by atoms with Crippen LogP contribution in [0.25, 0.3) is 0 Å². The number of carbonyl (C=O) groups is 2. The van der Waals surface area contributed by atoms with Gasteiger partial charge >= 0.3 is 0 Å². The highest BCUT2D eigenvalue weighted by Crippen LogP contribution is 2.21. The van der Waals surface area contributed by atoms with E-state index in [1.165, 1.54) is 0 Å². The molecule has 2 atom stereocenters. The number of ether oxygens (including phenoxy) is 1. The van der Waals surface area contributed by atoms with Gasteiger partial charge in [-0.2, -0.15) is 0 Å². The maximum Gasteiger partial charge on any atom is 0.253 e. The Morgan fingerprint density at radius 1 is 1.13 bits per heavy atom. The van der Waals surface area contributed by atoms with Gasteiger partial charge in [-0.05, 0) is 43.0 Å². The molecular formula is C24H29ClN2O3. The molecule has 6 heteroatoms. The van der Waals surface area contributed by atoms with Gasteiger partial charge in [-0.15, -0.1) is 0 Å². The number of hydrogen-bond acceptors (Lipinski definition) is 3. The van der Waals surface area contributed by atoms with E-state index in [9.17, 15) is 9.59 Å². The van der Waals surface area contributed by atoms with Crippen LogP contribution in [0.2, 0.25) is 5.02 Å². The van der Waals surface area contributed by atoms with Crippen molar-refractivity contribution in [1.29, 1.82) is 0 Å². The Balaban J connectivity index is 1.61. The zero-order valence-corrected chi connectivity index (χ0v) is 18.3. The van der Waals surface area contributed by atoms with E-state index in [0.717, 1.165) is 18.6 Å². The molecule has 5 nitrogen and oxygen atoms in total. The van der Waals surface area contributed by atoms with E-state index in [1.807, 2.05) is 49.1 Å². The molecule has 2 unspecified atom stereocenters. The number of para-hydroxylation sites is 1. The Morgan fingerprint density at radius 2 is 1.83 bits per heavy atom. The zero-order valence-electron chi connectivity index (χ0n) is 17.5. The molecule has 2 aromatic rings. The lowest BCUT2D eigenvalue weighted by molar-refractivity contribution is -0.136. The minimum Gasteiger partial charge on any atom is -0.493 e. The molecule has 0 aromatic heterocycles. The van der Waals surface area contributed by atoms with E-state index in [1.54, 1.807) is 24.3 Å². The maximum atomic E-state index is 13.2. The van der Waals surface area contributed by atoms with E-state index in [2.05, 4.69) is 5.32 Å². The second kappa shape index (κ2) is 10.5. The molecule has 0 bridgehead atoms. The third kappa shape index (κ3) is 5.76. The summed E-state index contributed by atoms with van der Waals surface area (Å²) >= 11 is 6.14. The van der Waals surface area contributed by atoms with Crippen molar-refractivity contribution in [3.63, 3.8) is 0 Å². The Labute approximate surface area is 183 Å². The van der Waals surface area contributed by atoms with Gasteiger partial charge in [-0.3, -0.25) is 9.59 Å². The van der Waals surface area contributed by atoms with Gasteiger partial charge in [0.15, 0.2) is 0 Å². The van der Waals surface area contributed by atoms with Gasteiger partial charge in [0.05, 0.1) is 17.2 Å². The molecule has 1 saturated heterocycles. The van der Waals surface area contributed by atoms with Crippen LogP contribution >= 0.6 is 11.6 Å². The molecule has 0 radical (unpaired) electrons. The SMILES string of the molecule is CC(C)C(NC(=O)c1ccccc1Cl)C(=O)N1CCCC(COc2ccccc2)C1. The molecule has 1 heterocycles. The standard InChI is InChI=1S/C24H29ClN2O3/c1-17(2)22(26-23(28)20-12-6-7-13-21(20)25)24(29)27-14-8-9-18(15-27)16-30-19-10-4-3-5-11-19/h3-7,10-13,17-18,22H,8-9,14-16H2,1-2H3,(H,26,28). The number of hydrogen-bond donors (Lipinski definition) is 1. The molecule has 0 saturated carbocycles. The highest BCUT2D eigenvalue weighted by molar-refractivity contribution is 6.33. The third-order valence-electron chi connectivity index (χ3n) is 5.40. The summed E-state index contributed by atoms with van der Waals surface area (Å²) in [6, 6.07) is 16.0. The second-order valence-corrected chi connectivity index (χ2v) is 8.50. The van der Waals surface area contributed by atoms with Gasteiger partial charge in [0, 0.05) is 19.0 Å². The van der Waals surface area contributed by atoms with Crippen LogP contribution in [0.3, 0.4) is 0 Å². The highest BCUT2D eigenvalue weighted by Gasteiger charge is 2.32. The van der Waals surface area contributed by atoms with Crippen LogP contribution in [0, 0.1) is 11.8 Å². The molecule has 0 aliphatic carbocycles. The summed E-state index contributed by atoms with van der Waals surface area (Å²) in [6.45, 7) is 5.79. The van der Waals surface area contributed by atoms with Crippen LogP contribution in [0.15, 0.2) is 54.6 Å². The summed E-state index contributed by atoms with van der Waals surface area (Å²) in [7, 11) is 0. The van der Waals surface area contributed by atoms with Crippen molar-refractivity contribution in [3.05, 3.63) is 65.2 Å². The summed E-state index contributed by atoms with van der Waals surface area (Å²) in [6.07, 6.45) is 1.95. The molecule has 1 fully saturated rings. The number of piperidine rings is 1. The minimum absolute atomic E-state index is 0.0371. The van der Waals surface area contributed by atoms with Crippen molar-refractivity contribution in [2.45, 2.75) is 32.7 Å². The van der Waals surface area contributed by atoms with Gasteiger partial charge in [0.1, 0.15) is 11.8 Å². The van der Waals surface area contributed by atoms with Crippen molar-refractivity contribution in [2.75, 3.05) is 19.7 Å². The first-order valence-corrected chi connectivity index (χ1v) is 10.9. The van der Waals surface area contributed by atoms with E-state index in [4.69, 9.17) is 16.3 Å². The molecule has 30 heavy (non-hydrogen) atoms. The topological polar surface area (TPSA) is 58.6 Å². The summed E-state index contributed by atoms with van der Waals surface area (Å²) in [5.41, 5.74) is 0.380. The lowest BCUT2D eigenvalue weighted by atomic mass is 9.96. The number of rotatable bonds is 7. The van der Waals surface area contributed by atoms with Crippen LogP contribution in [-0.2, 0) is 4.79 Å². The average molecular weight is 429 g/mol. The summed E-state index contributed by atoms with van der Waals surface area (Å²) < 4.78 is 5.89. The van der Waals surface area contributed by atoms with E-state index >= 15 is 0 Å². The largest absolute Gasteiger partial charge is 0.493 e. The predicted octanol–water partition coefficient (Wildman–Crippen LogP) is 4.41. The van der Waals surface area contributed by atoms with Crippen molar-refractivity contribution >= 4 is 23.4 Å². The second-order valence-electron chi connectivity index (χ2n) is 8.09. The number of nitrogens with zero attached hydrogens (tertiary/aromatic N) is 1. The van der Waals surface area contributed by atoms with Crippen molar-refractivity contribution in [1.82, 2.24) is 10.2 Å². The zero-order chi connectivity index (χ0) is 21.5. The highest BCUT2D eigenvalue weighted by atomic mass is 35.5. The monoisotopic (exact) mass is 428 g/mol. The first-order chi connectivity index (χ1) is 14.5. The van der Waals surface area contributed by atoms with Gasteiger partial charge < -0.3 is 15.0 Å². The van der Waals surface area contributed by atoms with Crippen LogP contribution in [-0.4, -0.2) is 42.5 Å². The predicted molar refractivity (Wildman–Crippen MR) is 119 cm³/mol. The Morgan fingerprint density at radius 3 is 2.53 bits per heavy atom. The molecule has 160 valence electrons. The molecule has 0 spiro atoms. The molecule has 3 rings (SSSR count). The van der Waals surface area contributed by atoms with E-state index in [0.29, 0.717) is 30.3 Å². The number of carbonyl (C=O) groups excluding carboxylic acids is 2. The quantitative estimate of drug-likeness (QED) is 0.710. The molecule has 2 amide bonds. The fourth-order valence-electron chi connectivity index (χ4n) is 3.71. The van der Waals surface area contributed by atoms with E-state index < -0.39 is 6.04 Å². The number of amides is 2. The fraction of sp³-hybridized carbons (Fsp3) is 0.417. The lowest BCUT2D eigenvalue weighted by Crippen LogP contribution is -2.53. The van der Waals surface area contributed by atoms with Crippen molar-refractivity contribution < 1.29 is 14.3 Å². The van der Waals surface area contributed by atoms with Crippen LogP contribution < -0.4 is 10.1 Å². The van der Waals surface area contributed by atoms with Gasteiger partial charge in [-0.25, -0.2) is 0 Å².